The average Bonchev–Trinajstić information content (AvgIpc) is 3.46. The van der Waals surface area contributed by atoms with Gasteiger partial charge in [-0.2, -0.15) is 0 Å². The fourth-order valence-corrected chi connectivity index (χ4v) is 3.34. The summed E-state index contributed by atoms with van der Waals surface area (Å²) in [6.45, 7) is 8.03. The van der Waals surface area contributed by atoms with E-state index in [0.717, 1.165) is 47.0 Å². The smallest absolute Gasteiger partial charge is 0.124 e. The number of aryl methyl sites for hydroxylation is 1. The van der Waals surface area contributed by atoms with E-state index in [-0.39, 0.29) is 5.82 Å². The summed E-state index contributed by atoms with van der Waals surface area (Å²) in [5, 5.41) is 3.96. The maximum Gasteiger partial charge on any atom is 0.124 e. The predicted octanol–water partition coefficient (Wildman–Crippen LogP) is 5.75. The topological polar surface area (TPSA) is 27.9 Å². The van der Waals surface area contributed by atoms with Crippen molar-refractivity contribution in [2.24, 2.45) is 0 Å². The first kappa shape index (κ1) is 17.6. The highest BCUT2D eigenvalue weighted by atomic mass is 35.5. The summed E-state index contributed by atoms with van der Waals surface area (Å²) in [6.07, 6.45) is 0. The van der Waals surface area contributed by atoms with Crippen LogP contribution < -0.4 is 10.2 Å². The molecule has 27 heavy (non-hydrogen) atoms. The van der Waals surface area contributed by atoms with E-state index in [9.17, 15) is 4.39 Å². The Morgan fingerprint density at radius 2 is 1.93 bits per heavy atom. The lowest BCUT2D eigenvalue weighted by molar-refractivity contribution is 0.627. The van der Waals surface area contributed by atoms with Crippen LogP contribution in [0.2, 0.25) is 5.02 Å². The molecule has 0 saturated carbocycles. The summed E-state index contributed by atoms with van der Waals surface area (Å²) in [7, 11) is 0. The Hall–Kier alpha value is -2.85. The first-order valence-electron chi connectivity index (χ1n) is 8.75. The maximum atomic E-state index is 13.8. The standard InChI is InChI=1S/C22H19ClFN3/c1-14-11-17(13-21(25-14)18-5-3-4-6-20(18)23)26-15(2)19-12-16(24)7-8-22(19)27-9-10-27/h3-8,11-13H,2,9-10H2,1H3,(H,25,26). The summed E-state index contributed by atoms with van der Waals surface area (Å²) in [5.41, 5.74) is 5.74. The minimum atomic E-state index is -0.277. The van der Waals surface area contributed by atoms with E-state index in [0.29, 0.717) is 10.7 Å². The molecule has 0 bridgehead atoms. The van der Waals surface area contributed by atoms with Crippen LogP contribution in [-0.2, 0) is 0 Å². The zero-order valence-electron chi connectivity index (χ0n) is 15.0. The summed E-state index contributed by atoms with van der Waals surface area (Å²) < 4.78 is 13.8. The second-order valence-corrected chi connectivity index (χ2v) is 7.02. The molecule has 1 aliphatic heterocycles. The number of hydrogen-bond donors (Lipinski definition) is 1. The molecule has 4 rings (SSSR count). The van der Waals surface area contributed by atoms with Crippen LogP contribution >= 0.6 is 11.6 Å². The van der Waals surface area contributed by atoms with E-state index >= 15 is 0 Å². The number of rotatable bonds is 5. The minimum absolute atomic E-state index is 0.277. The molecule has 1 aliphatic rings. The van der Waals surface area contributed by atoms with Crippen molar-refractivity contribution in [3.05, 3.63) is 83.3 Å². The normalized spacial score (nSPS) is 12.8. The molecule has 0 radical (unpaired) electrons. The van der Waals surface area contributed by atoms with Crippen LogP contribution in [0.15, 0.2) is 61.2 Å². The average molecular weight is 380 g/mol. The van der Waals surface area contributed by atoms with Crippen molar-refractivity contribution in [1.29, 1.82) is 0 Å². The molecular weight excluding hydrogens is 361 g/mol. The zero-order chi connectivity index (χ0) is 19.0. The molecule has 1 N–H and O–H groups in total. The van der Waals surface area contributed by atoms with Crippen molar-refractivity contribution < 1.29 is 4.39 Å². The fourth-order valence-electron chi connectivity index (χ4n) is 3.11. The van der Waals surface area contributed by atoms with E-state index in [2.05, 4.69) is 21.8 Å². The number of nitrogens with one attached hydrogen (secondary N) is 1. The zero-order valence-corrected chi connectivity index (χ0v) is 15.7. The van der Waals surface area contributed by atoms with Gasteiger partial charge in [0, 0.05) is 52.0 Å². The number of nitrogens with zero attached hydrogens (tertiary/aromatic N) is 2. The number of anilines is 2. The van der Waals surface area contributed by atoms with Crippen molar-refractivity contribution in [2.45, 2.75) is 6.92 Å². The van der Waals surface area contributed by atoms with Crippen molar-refractivity contribution >= 4 is 28.7 Å². The quantitative estimate of drug-likeness (QED) is 0.572. The molecule has 1 saturated heterocycles. The van der Waals surface area contributed by atoms with Gasteiger partial charge in [0.1, 0.15) is 5.82 Å². The Labute approximate surface area is 163 Å². The van der Waals surface area contributed by atoms with Gasteiger partial charge in [-0.05, 0) is 43.3 Å². The highest BCUT2D eigenvalue weighted by Gasteiger charge is 2.22. The first-order valence-corrected chi connectivity index (χ1v) is 9.13. The Balaban J connectivity index is 1.66. The second kappa shape index (κ2) is 7.05. The van der Waals surface area contributed by atoms with Crippen molar-refractivity contribution in [1.82, 2.24) is 4.98 Å². The molecule has 0 spiro atoms. The van der Waals surface area contributed by atoms with E-state index in [1.807, 2.05) is 43.3 Å². The predicted molar refractivity (Wildman–Crippen MR) is 111 cm³/mol. The van der Waals surface area contributed by atoms with E-state index in [1.165, 1.54) is 12.1 Å². The third-order valence-electron chi connectivity index (χ3n) is 4.47. The van der Waals surface area contributed by atoms with Gasteiger partial charge < -0.3 is 10.2 Å². The van der Waals surface area contributed by atoms with Gasteiger partial charge in [0.2, 0.25) is 0 Å². The molecule has 136 valence electrons. The second-order valence-electron chi connectivity index (χ2n) is 6.61. The molecule has 0 unspecified atom stereocenters. The van der Waals surface area contributed by atoms with Crippen molar-refractivity contribution in [3.8, 4) is 11.3 Å². The Morgan fingerprint density at radius 1 is 1.15 bits per heavy atom. The largest absolute Gasteiger partial charge is 0.367 e. The SMILES string of the molecule is C=C(Nc1cc(C)nc(-c2ccccc2Cl)c1)c1cc(F)ccc1N1CC1. The van der Waals surface area contributed by atoms with Gasteiger partial charge in [0.05, 0.1) is 5.69 Å². The van der Waals surface area contributed by atoms with Gasteiger partial charge in [-0.1, -0.05) is 36.4 Å². The molecule has 0 aliphatic carbocycles. The lowest BCUT2D eigenvalue weighted by Crippen LogP contribution is -2.04. The highest BCUT2D eigenvalue weighted by molar-refractivity contribution is 6.33. The number of pyridine rings is 1. The molecule has 3 nitrogen and oxygen atoms in total. The first-order chi connectivity index (χ1) is 13.0. The summed E-state index contributed by atoms with van der Waals surface area (Å²) in [4.78, 5) is 6.77. The number of halogens is 2. The minimum Gasteiger partial charge on any atom is -0.367 e. The van der Waals surface area contributed by atoms with Crippen LogP contribution in [0.5, 0.6) is 0 Å². The maximum absolute atomic E-state index is 13.8. The molecular formula is C22H19ClFN3. The van der Waals surface area contributed by atoms with Crippen LogP contribution in [0, 0.1) is 12.7 Å². The summed E-state index contributed by atoms with van der Waals surface area (Å²) in [5.74, 6) is -0.277. The molecule has 5 heteroatoms. The van der Waals surface area contributed by atoms with Crippen LogP contribution in [-0.4, -0.2) is 18.1 Å². The van der Waals surface area contributed by atoms with E-state index < -0.39 is 0 Å². The Morgan fingerprint density at radius 3 is 2.67 bits per heavy atom. The number of aromatic nitrogens is 1. The van der Waals surface area contributed by atoms with Crippen LogP contribution in [0.1, 0.15) is 11.3 Å². The Kier molecular flexibility index (Phi) is 4.58. The third-order valence-corrected chi connectivity index (χ3v) is 4.80. The lowest BCUT2D eigenvalue weighted by Gasteiger charge is -2.16. The number of hydrogen-bond acceptors (Lipinski definition) is 3. The summed E-state index contributed by atoms with van der Waals surface area (Å²) >= 11 is 6.32. The van der Waals surface area contributed by atoms with Crippen molar-refractivity contribution in [2.75, 3.05) is 23.3 Å². The highest BCUT2D eigenvalue weighted by Crippen LogP contribution is 2.33. The van der Waals surface area contributed by atoms with Gasteiger partial charge in [0.25, 0.3) is 0 Å². The monoisotopic (exact) mass is 379 g/mol. The third kappa shape index (κ3) is 3.81. The number of benzene rings is 2. The van der Waals surface area contributed by atoms with Gasteiger partial charge in [-0.25, -0.2) is 4.39 Å². The van der Waals surface area contributed by atoms with Crippen LogP contribution in [0.25, 0.3) is 17.0 Å². The van der Waals surface area contributed by atoms with Crippen molar-refractivity contribution in [3.63, 3.8) is 0 Å². The molecule has 0 amide bonds. The Bertz CT molecular complexity index is 1030. The molecule has 0 atom stereocenters. The lowest BCUT2D eigenvalue weighted by atomic mass is 10.1. The molecule has 2 aromatic carbocycles. The van der Waals surface area contributed by atoms with Gasteiger partial charge in [-0.15, -0.1) is 0 Å². The van der Waals surface area contributed by atoms with Gasteiger partial charge in [0.15, 0.2) is 0 Å². The molecule has 1 fully saturated rings. The molecule has 1 aromatic heterocycles. The summed E-state index contributed by atoms with van der Waals surface area (Å²) in [6, 6.07) is 16.3. The van der Waals surface area contributed by atoms with Gasteiger partial charge in [-0.3, -0.25) is 4.98 Å². The van der Waals surface area contributed by atoms with Crippen LogP contribution in [0.3, 0.4) is 0 Å². The molecule has 2 heterocycles. The van der Waals surface area contributed by atoms with Crippen LogP contribution in [0.4, 0.5) is 15.8 Å². The van der Waals surface area contributed by atoms with E-state index in [1.54, 1.807) is 6.07 Å². The fraction of sp³-hybridized carbons (Fsp3) is 0.136. The molecule has 3 aromatic rings. The van der Waals surface area contributed by atoms with E-state index in [4.69, 9.17) is 11.6 Å². The van der Waals surface area contributed by atoms with Gasteiger partial charge >= 0.3 is 0 Å².